The molecular weight excluding hydrogens is 266 g/mol. The lowest BCUT2D eigenvalue weighted by molar-refractivity contribution is -0.122. The summed E-state index contributed by atoms with van der Waals surface area (Å²) in [6.07, 6.45) is 2.76. The van der Waals surface area contributed by atoms with Crippen molar-refractivity contribution in [3.05, 3.63) is 18.2 Å². The van der Waals surface area contributed by atoms with Gasteiger partial charge < -0.3 is 21.1 Å². The fourth-order valence-electron chi connectivity index (χ4n) is 2.77. The standard InChI is InChI=1S/C16H25N3O2/c1-3-6-21-15-8-13(17)7-14(9-15)19-10-12(16(18)20)5-4-11(19)2/h7-9,11-12H,3-6,10,17H2,1-2H3,(H2,18,20). The number of nitrogen functional groups attached to an aromatic ring is 1. The molecule has 2 unspecified atom stereocenters. The van der Waals surface area contributed by atoms with E-state index in [9.17, 15) is 4.79 Å². The molecule has 0 bridgehead atoms. The Bertz CT molecular complexity index is 504. The Morgan fingerprint density at radius 1 is 1.38 bits per heavy atom. The van der Waals surface area contributed by atoms with Gasteiger partial charge in [-0.15, -0.1) is 0 Å². The number of piperidine rings is 1. The lowest BCUT2D eigenvalue weighted by atomic mass is 9.92. The van der Waals surface area contributed by atoms with E-state index in [1.54, 1.807) is 0 Å². The van der Waals surface area contributed by atoms with Gasteiger partial charge in [-0.25, -0.2) is 0 Å². The zero-order valence-corrected chi connectivity index (χ0v) is 12.8. The maximum Gasteiger partial charge on any atom is 0.222 e. The number of carbonyl (C=O) groups excluding carboxylic acids is 1. The first-order valence-electron chi connectivity index (χ1n) is 7.60. The summed E-state index contributed by atoms with van der Waals surface area (Å²) in [4.78, 5) is 13.7. The molecule has 0 radical (unpaired) electrons. The van der Waals surface area contributed by atoms with Crippen molar-refractivity contribution < 1.29 is 9.53 Å². The second-order valence-electron chi connectivity index (χ2n) is 5.79. The molecular formula is C16H25N3O2. The first kappa shape index (κ1) is 15.5. The van der Waals surface area contributed by atoms with E-state index in [1.807, 2.05) is 18.2 Å². The molecule has 1 aromatic carbocycles. The van der Waals surface area contributed by atoms with Gasteiger partial charge in [0.2, 0.25) is 5.91 Å². The molecule has 1 aromatic rings. The van der Waals surface area contributed by atoms with Crippen LogP contribution >= 0.6 is 0 Å². The number of hydrogen-bond acceptors (Lipinski definition) is 4. The highest BCUT2D eigenvalue weighted by Crippen LogP contribution is 2.32. The maximum atomic E-state index is 11.5. The van der Waals surface area contributed by atoms with Gasteiger partial charge in [-0.05, 0) is 32.3 Å². The Morgan fingerprint density at radius 2 is 2.14 bits per heavy atom. The zero-order valence-electron chi connectivity index (χ0n) is 12.8. The van der Waals surface area contributed by atoms with Gasteiger partial charge >= 0.3 is 0 Å². The van der Waals surface area contributed by atoms with Crippen LogP contribution in [-0.2, 0) is 4.79 Å². The Kier molecular flexibility index (Phi) is 4.94. The number of hydrogen-bond donors (Lipinski definition) is 2. The van der Waals surface area contributed by atoms with Crippen LogP contribution in [0.4, 0.5) is 11.4 Å². The second-order valence-corrected chi connectivity index (χ2v) is 5.79. The fraction of sp³-hybridized carbons (Fsp3) is 0.562. The zero-order chi connectivity index (χ0) is 15.4. The molecule has 1 amide bonds. The molecule has 5 heteroatoms. The highest BCUT2D eigenvalue weighted by atomic mass is 16.5. The third-order valence-electron chi connectivity index (χ3n) is 4.00. The maximum absolute atomic E-state index is 11.5. The van der Waals surface area contributed by atoms with Gasteiger partial charge in [-0.2, -0.15) is 0 Å². The van der Waals surface area contributed by atoms with Crippen molar-refractivity contribution in [2.24, 2.45) is 11.7 Å². The van der Waals surface area contributed by atoms with Gasteiger partial charge in [-0.1, -0.05) is 6.92 Å². The molecule has 116 valence electrons. The van der Waals surface area contributed by atoms with E-state index >= 15 is 0 Å². The van der Waals surface area contributed by atoms with Crippen molar-refractivity contribution in [2.45, 2.75) is 39.2 Å². The molecule has 1 aliphatic rings. The Morgan fingerprint density at radius 3 is 2.81 bits per heavy atom. The van der Waals surface area contributed by atoms with E-state index in [2.05, 4.69) is 18.7 Å². The summed E-state index contributed by atoms with van der Waals surface area (Å²) in [6, 6.07) is 6.12. The number of primary amides is 1. The second kappa shape index (κ2) is 6.70. The molecule has 2 rings (SSSR count). The number of carbonyl (C=O) groups is 1. The minimum atomic E-state index is -0.224. The van der Waals surface area contributed by atoms with Crippen LogP contribution in [0.2, 0.25) is 0 Å². The molecule has 1 aliphatic heterocycles. The summed E-state index contributed by atoms with van der Waals surface area (Å²) in [5.74, 6) is 0.459. The molecule has 0 aliphatic carbocycles. The van der Waals surface area contributed by atoms with Gasteiger partial charge in [0.1, 0.15) is 5.75 Å². The van der Waals surface area contributed by atoms with E-state index < -0.39 is 0 Å². The number of nitrogens with two attached hydrogens (primary N) is 2. The Labute approximate surface area is 126 Å². The Hall–Kier alpha value is -1.91. The molecule has 5 nitrogen and oxygen atoms in total. The van der Waals surface area contributed by atoms with Crippen LogP contribution in [0.3, 0.4) is 0 Å². The molecule has 0 aromatic heterocycles. The predicted octanol–water partition coefficient (Wildman–Crippen LogP) is 2.15. The van der Waals surface area contributed by atoms with E-state index in [-0.39, 0.29) is 11.8 Å². The Balaban J connectivity index is 2.22. The van der Waals surface area contributed by atoms with Crippen LogP contribution in [0.1, 0.15) is 33.1 Å². The molecule has 0 saturated carbocycles. The van der Waals surface area contributed by atoms with Gasteiger partial charge in [0.25, 0.3) is 0 Å². The third-order valence-corrected chi connectivity index (χ3v) is 4.00. The topological polar surface area (TPSA) is 81.6 Å². The van der Waals surface area contributed by atoms with Crippen LogP contribution in [0.15, 0.2) is 18.2 Å². The number of nitrogens with zero attached hydrogens (tertiary/aromatic N) is 1. The summed E-state index contributed by atoms with van der Waals surface area (Å²) in [6.45, 7) is 5.54. The predicted molar refractivity (Wildman–Crippen MR) is 85.4 cm³/mol. The van der Waals surface area contributed by atoms with Crippen molar-refractivity contribution in [3.63, 3.8) is 0 Å². The van der Waals surface area contributed by atoms with Gasteiger partial charge in [0, 0.05) is 36.1 Å². The van der Waals surface area contributed by atoms with Crippen LogP contribution in [0.5, 0.6) is 5.75 Å². The monoisotopic (exact) mass is 291 g/mol. The molecule has 1 heterocycles. The first-order chi connectivity index (χ1) is 10.0. The average molecular weight is 291 g/mol. The summed E-state index contributed by atoms with van der Waals surface area (Å²) < 4.78 is 5.68. The molecule has 0 spiro atoms. The van der Waals surface area contributed by atoms with E-state index in [0.717, 1.165) is 30.7 Å². The number of rotatable bonds is 5. The lowest BCUT2D eigenvalue weighted by Crippen LogP contribution is -2.45. The summed E-state index contributed by atoms with van der Waals surface area (Å²) in [5.41, 5.74) is 13.1. The SMILES string of the molecule is CCCOc1cc(N)cc(N2CC(C(N)=O)CCC2C)c1. The van der Waals surface area contributed by atoms with Crippen molar-refractivity contribution >= 4 is 17.3 Å². The third kappa shape index (κ3) is 3.80. The number of benzene rings is 1. The summed E-state index contributed by atoms with van der Waals surface area (Å²) in [5, 5.41) is 0. The summed E-state index contributed by atoms with van der Waals surface area (Å²) in [7, 11) is 0. The average Bonchev–Trinajstić information content (AvgIpc) is 2.44. The molecule has 21 heavy (non-hydrogen) atoms. The van der Waals surface area contributed by atoms with Crippen molar-refractivity contribution in [2.75, 3.05) is 23.8 Å². The molecule has 2 atom stereocenters. The largest absolute Gasteiger partial charge is 0.493 e. The minimum Gasteiger partial charge on any atom is -0.493 e. The smallest absolute Gasteiger partial charge is 0.222 e. The molecule has 1 saturated heterocycles. The van der Waals surface area contributed by atoms with Gasteiger partial charge in [0.15, 0.2) is 0 Å². The normalized spacial score (nSPS) is 22.1. The highest BCUT2D eigenvalue weighted by Gasteiger charge is 2.29. The van der Waals surface area contributed by atoms with E-state index in [1.165, 1.54) is 0 Å². The fourth-order valence-corrected chi connectivity index (χ4v) is 2.77. The van der Waals surface area contributed by atoms with Crippen LogP contribution < -0.4 is 21.1 Å². The number of ether oxygens (including phenoxy) is 1. The lowest BCUT2D eigenvalue weighted by Gasteiger charge is -2.38. The first-order valence-corrected chi connectivity index (χ1v) is 7.60. The van der Waals surface area contributed by atoms with Crippen molar-refractivity contribution in [1.82, 2.24) is 0 Å². The minimum absolute atomic E-state index is 0.0948. The molecule has 1 fully saturated rings. The van der Waals surface area contributed by atoms with Crippen molar-refractivity contribution in [3.8, 4) is 5.75 Å². The van der Waals surface area contributed by atoms with E-state index in [4.69, 9.17) is 16.2 Å². The van der Waals surface area contributed by atoms with Crippen molar-refractivity contribution in [1.29, 1.82) is 0 Å². The van der Waals surface area contributed by atoms with Gasteiger partial charge in [0.05, 0.1) is 12.5 Å². The van der Waals surface area contributed by atoms with Crippen LogP contribution in [0, 0.1) is 5.92 Å². The summed E-state index contributed by atoms with van der Waals surface area (Å²) >= 11 is 0. The highest BCUT2D eigenvalue weighted by molar-refractivity contribution is 5.78. The van der Waals surface area contributed by atoms with Crippen LogP contribution in [-0.4, -0.2) is 25.1 Å². The van der Waals surface area contributed by atoms with E-state index in [0.29, 0.717) is 24.9 Å². The quantitative estimate of drug-likeness (QED) is 0.814. The van der Waals surface area contributed by atoms with Crippen LogP contribution in [0.25, 0.3) is 0 Å². The molecule has 4 N–H and O–H groups in total. The number of amides is 1. The number of anilines is 2. The van der Waals surface area contributed by atoms with Gasteiger partial charge in [-0.3, -0.25) is 4.79 Å².